The maximum Gasteiger partial charge on any atom is 0.333 e. The van der Waals surface area contributed by atoms with E-state index in [1.165, 1.54) is 0 Å². The Labute approximate surface area is 141 Å². The molecule has 1 unspecified atom stereocenters. The molecular formula is C15H25N4O5-. The third-order valence-electron chi connectivity index (χ3n) is 3.93. The number of esters is 1. The second-order valence-electron chi connectivity index (χ2n) is 5.86. The first-order valence-electron chi connectivity index (χ1n) is 8.17. The molecule has 2 aliphatic rings. The van der Waals surface area contributed by atoms with Gasteiger partial charge in [0, 0.05) is 38.4 Å². The van der Waals surface area contributed by atoms with Crippen molar-refractivity contribution in [2.45, 2.75) is 26.0 Å². The average Bonchev–Trinajstić information content (AvgIpc) is 3.12. The molecule has 0 spiro atoms. The summed E-state index contributed by atoms with van der Waals surface area (Å²) in [5.74, 6) is -0.470. The van der Waals surface area contributed by atoms with Crippen LogP contribution in [-0.4, -0.2) is 79.2 Å². The number of amides is 2. The highest BCUT2D eigenvalue weighted by Gasteiger charge is 2.26. The van der Waals surface area contributed by atoms with Crippen molar-refractivity contribution >= 4 is 12.0 Å². The first-order chi connectivity index (χ1) is 11.5. The van der Waals surface area contributed by atoms with E-state index in [2.05, 4.69) is 11.9 Å². The van der Waals surface area contributed by atoms with Crippen LogP contribution in [0.3, 0.4) is 0 Å². The molecule has 0 saturated carbocycles. The molecule has 136 valence electrons. The fourth-order valence-corrected chi connectivity index (χ4v) is 2.55. The topological polar surface area (TPSA) is 97.4 Å². The Kier molecular flexibility index (Phi) is 6.98. The normalized spacial score (nSPS) is 21.8. The van der Waals surface area contributed by atoms with E-state index in [-0.39, 0.29) is 19.2 Å². The van der Waals surface area contributed by atoms with Gasteiger partial charge in [-0.1, -0.05) is 6.58 Å². The molecule has 0 aromatic carbocycles. The van der Waals surface area contributed by atoms with Crippen LogP contribution in [0.4, 0.5) is 4.79 Å². The maximum absolute atomic E-state index is 12.1. The lowest BCUT2D eigenvalue weighted by molar-refractivity contribution is -0.138. The summed E-state index contributed by atoms with van der Waals surface area (Å²) < 4.78 is 10.3. The molecule has 0 aromatic rings. The number of ether oxygens (including phenoxy) is 2. The van der Waals surface area contributed by atoms with E-state index in [4.69, 9.17) is 9.47 Å². The molecule has 2 saturated heterocycles. The molecule has 0 bridgehead atoms. The Morgan fingerprint density at radius 3 is 2.67 bits per heavy atom. The Bertz CT molecular complexity index is 459. The van der Waals surface area contributed by atoms with E-state index >= 15 is 0 Å². The maximum atomic E-state index is 12.1. The van der Waals surface area contributed by atoms with E-state index in [0.717, 1.165) is 18.0 Å². The van der Waals surface area contributed by atoms with Crippen molar-refractivity contribution in [2.24, 2.45) is 0 Å². The second kappa shape index (κ2) is 8.97. The molecule has 0 aliphatic carbocycles. The van der Waals surface area contributed by atoms with E-state index in [1.54, 1.807) is 16.8 Å². The van der Waals surface area contributed by atoms with Gasteiger partial charge in [0.1, 0.15) is 12.8 Å². The standard InChI is InChI=1S/C15H25N4O5/c1-12(2)14(20)24-11-5-16-15(21)17-6-8-18(9-7-17)19(22)13-4-3-10-23-13/h13H,1,3-11H2,2H3,(H,16,21)/q-1. The van der Waals surface area contributed by atoms with Crippen LogP contribution in [0.25, 0.3) is 0 Å². The van der Waals surface area contributed by atoms with Crippen molar-refractivity contribution in [1.82, 2.24) is 20.4 Å². The van der Waals surface area contributed by atoms with Gasteiger partial charge in [-0.3, -0.25) is 5.17 Å². The van der Waals surface area contributed by atoms with E-state index in [1.807, 2.05) is 0 Å². The van der Waals surface area contributed by atoms with Gasteiger partial charge < -0.3 is 24.9 Å². The molecule has 2 aliphatic heterocycles. The molecule has 24 heavy (non-hydrogen) atoms. The minimum absolute atomic E-state index is 0.102. The minimum Gasteiger partial charge on any atom is -0.770 e. The van der Waals surface area contributed by atoms with Gasteiger partial charge >= 0.3 is 12.0 Å². The van der Waals surface area contributed by atoms with Crippen molar-refractivity contribution in [3.63, 3.8) is 0 Å². The van der Waals surface area contributed by atoms with Gasteiger partial charge in [-0.2, -0.15) is 0 Å². The predicted octanol–water partition coefficient (Wildman–Crippen LogP) is 0.284. The van der Waals surface area contributed by atoms with Crippen LogP contribution in [0, 0.1) is 5.21 Å². The summed E-state index contributed by atoms with van der Waals surface area (Å²) in [7, 11) is 0. The predicted molar refractivity (Wildman–Crippen MR) is 86.5 cm³/mol. The van der Waals surface area contributed by atoms with Crippen molar-refractivity contribution in [3.8, 4) is 0 Å². The Morgan fingerprint density at radius 2 is 2.08 bits per heavy atom. The fraction of sp³-hybridized carbons (Fsp3) is 0.733. The van der Waals surface area contributed by atoms with Crippen molar-refractivity contribution < 1.29 is 19.1 Å². The number of carbonyl (C=O) groups is 2. The van der Waals surface area contributed by atoms with Gasteiger partial charge in [-0.15, -0.1) is 0 Å². The lowest BCUT2D eigenvalue weighted by Crippen LogP contribution is -2.57. The van der Waals surface area contributed by atoms with Gasteiger partial charge in [0.05, 0.1) is 6.54 Å². The van der Waals surface area contributed by atoms with Crippen LogP contribution < -0.4 is 5.32 Å². The third kappa shape index (κ3) is 5.17. The number of carbonyl (C=O) groups excluding carboxylic acids is 2. The van der Waals surface area contributed by atoms with Gasteiger partial charge in [-0.25, -0.2) is 14.6 Å². The Balaban J connectivity index is 1.63. The van der Waals surface area contributed by atoms with Crippen molar-refractivity contribution in [1.29, 1.82) is 0 Å². The smallest absolute Gasteiger partial charge is 0.333 e. The van der Waals surface area contributed by atoms with Crippen LogP contribution in [0.1, 0.15) is 19.8 Å². The highest BCUT2D eigenvalue weighted by atomic mass is 16.6. The summed E-state index contributed by atoms with van der Waals surface area (Å²) in [5.41, 5.74) is 0.325. The second-order valence-corrected chi connectivity index (χ2v) is 5.86. The number of nitrogens with one attached hydrogen (secondary N) is 1. The number of piperazine rings is 1. The highest BCUT2D eigenvalue weighted by Crippen LogP contribution is 2.18. The van der Waals surface area contributed by atoms with Gasteiger partial charge in [0.15, 0.2) is 0 Å². The molecular weight excluding hydrogens is 316 g/mol. The highest BCUT2D eigenvalue weighted by molar-refractivity contribution is 5.86. The number of nitrogens with zero attached hydrogens (tertiary/aromatic N) is 3. The summed E-state index contributed by atoms with van der Waals surface area (Å²) >= 11 is 0. The van der Waals surface area contributed by atoms with Gasteiger partial charge in [0.2, 0.25) is 0 Å². The molecule has 2 rings (SSSR count). The number of hydrogen-bond donors (Lipinski definition) is 1. The molecule has 0 aromatic heterocycles. The van der Waals surface area contributed by atoms with E-state index in [0.29, 0.717) is 38.4 Å². The van der Waals surface area contributed by atoms with Crippen LogP contribution in [0.2, 0.25) is 0 Å². The summed E-state index contributed by atoms with van der Waals surface area (Å²) in [4.78, 5) is 24.9. The lowest BCUT2D eigenvalue weighted by atomic mass is 10.3. The third-order valence-corrected chi connectivity index (χ3v) is 3.93. The van der Waals surface area contributed by atoms with Crippen LogP contribution in [-0.2, 0) is 14.3 Å². The van der Waals surface area contributed by atoms with E-state index < -0.39 is 12.2 Å². The molecule has 2 amide bonds. The summed E-state index contributed by atoms with van der Waals surface area (Å²) in [5, 5.41) is 17.4. The number of hydroxylamine groups is 1. The van der Waals surface area contributed by atoms with Gasteiger partial charge in [-0.05, 0) is 19.8 Å². The molecule has 2 fully saturated rings. The summed E-state index contributed by atoms with van der Waals surface area (Å²) in [6.45, 7) is 7.88. The Morgan fingerprint density at radius 1 is 1.38 bits per heavy atom. The molecule has 2 heterocycles. The average molecular weight is 341 g/mol. The van der Waals surface area contributed by atoms with Crippen LogP contribution in [0.15, 0.2) is 12.2 Å². The molecule has 0 radical (unpaired) electrons. The largest absolute Gasteiger partial charge is 0.770 e. The monoisotopic (exact) mass is 341 g/mol. The van der Waals surface area contributed by atoms with Gasteiger partial charge in [0.25, 0.3) is 0 Å². The zero-order valence-electron chi connectivity index (χ0n) is 14.0. The number of rotatable bonds is 6. The fourth-order valence-electron chi connectivity index (χ4n) is 2.55. The summed E-state index contributed by atoms with van der Waals surface area (Å²) in [6, 6.07) is -0.226. The quantitative estimate of drug-likeness (QED) is 0.321. The summed E-state index contributed by atoms with van der Waals surface area (Å²) in [6.07, 6.45) is 1.25. The minimum atomic E-state index is -0.470. The molecule has 1 N–H and O–H groups in total. The lowest BCUT2D eigenvalue weighted by Gasteiger charge is -2.47. The first-order valence-corrected chi connectivity index (χ1v) is 8.17. The molecule has 9 heteroatoms. The number of hydrazine groups is 1. The van der Waals surface area contributed by atoms with Crippen molar-refractivity contribution in [3.05, 3.63) is 17.4 Å². The first kappa shape index (κ1) is 18.7. The van der Waals surface area contributed by atoms with Crippen LogP contribution in [0.5, 0.6) is 0 Å². The Hall–Kier alpha value is -1.68. The SMILES string of the molecule is C=C(C)C(=O)OCCNC(=O)N1CCN(N([O-])C2CCCO2)CC1. The zero-order chi connectivity index (χ0) is 17.5. The van der Waals surface area contributed by atoms with Crippen LogP contribution >= 0.6 is 0 Å². The van der Waals surface area contributed by atoms with E-state index in [9.17, 15) is 14.8 Å². The van der Waals surface area contributed by atoms with Crippen molar-refractivity contribution in [2.75, 3.05) is 45.9 Å². The number of urea groups is 1. The number of hydrogen-bond acceptors (Lipinski definition) is 7. The zero-order valence-corrected chi connectivity index (χ0v) is 14.0. The molecule has 1 atom stereocenters. The molecule has 9 nitrogen and oxygen atoms in total.